The summed E-state index contributed by atoms with van der Waals surface area (Å²) in [5.41, 5.74) is 5.70. The van der Waals surface area contributed by atoms with Crippen molar-refractivity contribution in [1.29, 1.82) is 0 Å². The Bertz CT molecular complexity index is 346. The van der Waals surface area contributed by atoms with E-state index in [4.69, 9.17) is 5.73 Å². The van der Waals surface area contributed by atoms with Gasteiger partial charge in [-0.1, -0.05) is 0 Å². The number of benzene rings is 1. The third-order valence-corrected chi connectivity index (χ3v) is 2.02. The molecular formula is C6H6NO3RbS. The minimum absolute atomic E-state index is 0. The summed E-state index contributed by atoms with van der Waals surface area (Å²) in [6.45, 7) is 0. The molecule has 0 aliphatic heterocycles. The average molecular weight is 258 g/mol. The van der Waals surface area contributed by atoms with Gasteiger partial charge in [-0.3, -0.25) is 0 Å². The van der Waals surface area contributed by atoms with Gasteiger partial charge in [0.25, 0.3) is 0 Å². The van der Waals surface area contributed by atoms with Crippen molar-refractivity contribution in [2.75, 3.05) is 5.73 Å². The fourth-order valence-electron chi connectivity index (χ4n) is 0.634. The Balaban J connectivity index is 0.00000121. The van der Waals surface area contributed by atoms with Crippen LogP contribution in [0.15, 0.2) is 29.2 Å². The molecule has 0 radical (unpaired) electrons. The van der Waals surface area contributed by atoms with Gasteiger partial charge >= 0.3 is 58.2 Å². The molecule has 0 amide bonds. The molecule has 0 saturated heterocycles. The zero-order valence-electron chi connectivity index (χ0n) is 6.52. The summed E-state index contributed by atoms with van der Waals surface area (Å²) in [5, 5.41) is 0. The van der Waals surface area contributed by atoms with Crippen LogP contribution in [0.3, 0.4) is 0 Å². The summed E-state index contributed by atoms with van der Waals surface area (Å²) >= 11 is 0. The molecule has 1 rings (SSSR count). The van der Waals surface area contributed by atoms with E-state index in [2.05, 4.69) is 0 Å². The average Bonchev–Trinajstić information content (AvgIpc) is 1.86. The Morgan fingerprint density at radius 1 is 1.17 bits per heavy atom. The summed E-state index contributed by atoms with van der Waals surface area (Å²) in [7, 11) is -4.33. The summed E-state index contributed by atoms with van der Waals surface area (Å²) in [6.07, 6.45) is 0. The maximum absolute atomic E-state index is 10.3. The van der Waals surface area contributed by atoms with Crippen LogP contribution >= 0.6 is 0 Å². The number of nitrogen functional groups attached to an aromatic ring is 1. The third kappa shape index (κ3) is 3.63. The van der Waals surface area contributed by atoms with Crippen molar-refractivity contribution in [2.24, 2.45) is 0 Å². The molecule has 0 atom stereocenters. The first-order valence-corrected chi connectivity index (χ1v) is 4.22. The minimum Gasteiger partial charge on any atom is -0.744 e. The zero-order valence-corrected chi connectivity index (χ0v) is 12.3. The summed E-state index contributed by atoms with van der Waals surface area (Å²) in [5.74, 6) is 0. The van der Waals surface area contributed by atoms with Crippen LogP contribution < -0.4 is 63.9 Å². The Kier molecular flexibility index (Phi) is 5.12. The molecule has 12 heavy (non-hydrogen) atoms. The Morgan fingerprint density at radius 3 is 1.92 bits per heavy atom. The first-order valence-electron chi connectivity index (χ1n) is 2.81. The van der Waals surface area contributed by atoms with Crippen molar-refractivity contribution >= 4 is 15.8 Å². The second-order valence-electron chi connectivity index (χ2n) is 2.02. The van der Waals surface area contributed by atoms with Crippen molar-refractivity contribution in [3.63, 3.8) is 0 Å². The SMILES string of the molecule is Nc1ccc(S(=O)(=O)[O-])cc1.[Rb+]. The van der Waals surface area contributed by atoms with Crippen LogP contribution in [-0.4, -0.2) is 13.0 Å². The summed E-state index contributed by atoms with van der Waals surface area (Å²) in [4.78, 5) is -0.258. The van der Waals surface area contributed by atoms with E-state index in [-0.39, 0.29) is 63.1 Å². The molecule has 0 spiro atoms. The van der Waals surface area contributed by atoms with Gasteiger partial charge in [0.05, 0.1) is 4.90 Å². The third-order valence-electron chi connectivity index (χ3n) is 1.17. The van der Waals surface area contributed by atoms with E-state index in [1.54, 1.807) is 0 Å². The van der Waals surface area contributed by atoms with Gasteiger partial charge in [0.1, 0.15) is 10.1 Å². The van der Waals surface area contributed by atoms with Crippen LogP contribution in [-0.2, 0) is 10.1 Å². The van der Waals surface area contributed by atoms with E-state index in [0.717, 1.165) is 0 Å². The van der Waals surface area contributed by atoms with E-state index in [0.29, 0.717) is 5.69 Å². The Labute approximate surface area is 120 Å². The van der Waals surface area contributed by atoms with E-state index in [1.165, 1.54) is 24.3 Å². The molecule has 0 fully saturated rings. The Hall–Kier alpha value is 0.735. The smallest absolute Gasteiger partial charge is 0.744 e. The standard InChI is InChI=1S/C6H7NO3S.Rb/c7-5-1-3-6(4-2-5)11(8,9)10;/h1-4H,7H2,(H,8,9,10);/q;+1/p-1. The largest absolute Gasteiger partial charge is 1.00 e. The molecule has 0 unspecified atom stereocenters. The second kappa shape index (κ2) is 4.83. The number of hydrogen-bond acceptors (Lipinski definition) is 4. The van der Waals surface area contributed by atoms with E-state index in [9.17, 15) is 13.0 Å². The molecule has 4 nitrogen and oxygen atoms in total. The molecule has 2 N–H and O–H groups in total. The molecule has 0 aromatic heterocycles. The molecule has 0 saturated carbocycles. The minimum atomic E-state index is -4.33. The molecule has 0 aliphatic carbocycles. The monoisotopic (exact) mass is 257 g/mol. The fourth-order valence-corrected chi connectivity index (χ4v) is 1.10. The van der Waals surface area contributed by atoms with Crippen LogP contribution in [0.5, 0.6) is 0 Å². The van der Waals surface area contributed by atoms with E-state index >= 15 is 0 Å². The van der Waals surface area contributed by atoms with Crippen molar-refractivity contribution in [2.45, 2.75) is 4.90 Å². The predicted octanol–water partition coefficient (Wildman–Crippen LogP) is -2.82. The van der Waals surface area contributed by atoms with Gasteiger partial charge in [-0.15, -0.1) is 0 Å². The van der Waals surface area contributed by atoms with Gasteiger partial charge < -0.3 is 10.3 Å². The molecule has 0 bridgehead atoms. The van der Waals surface area contributed by atoms with E-state index < -0.39 is 10.1 Å². The van der Waals surface area contributed by atoms with Crippen LogP contribution in [0.2, 0.25) is 0 Å². The van der Waals surface area contributed by atoms with Crippen LogP contribution in [0, 0.1) is 0 Å². The maximum Gasteiger partial charge on any atom is 1.00 e. The maximum atomic E-state index is 10.3. The molecule has 0 aliphatic rings. The van der Waals surface area contributed by atoms with Crippen molar-refractivity contribution in [3.05, 3.63) is 24.3 Å². The number of rotatable bonds is 1. The van der Waals surface area contributed by atoms with Gasteiger partial charge in [0.2, 0.25) is 0 Å². The topological polar surface area (TPSA) is 83.2 Å². The van der Waals surface area contributed by atoms with Gasteiger partial charge in [0.15, 0.2) is 0 Å². The fraction of sp³-hybridized carbons (Fsp3) is 0. The molecular weight excluding hydrogens is 252 g/mol. The summed E-state index contributed by atoms with van der Waals surface area (Å²) < 4.78 is 31.0. The predicted molar refractivity (Wildman–Crippen MR) is 38.8 cm³/mol. The quantitative estimate of drug-likeness (QED) is 0.434. The molecule has 6 heteroatoms. The molecule has 1 aromatic carbocycles. The number of hydrogen-bond donors (Lipinski definition) is 1. The zero-order chi connectivity index (χ0) is 8.48. The first-order chi connectivity index (χ1) is 5.00. The van der Waals surface area contributed by atoms with Gasteiger partial charge in [-0.05, 0) is 24.3 Å². The molecule has 60 valence electrons. The van der Waals surface area contributed by atoms with Crippen LogP contribution in [0.4, 0.5) is 5.69 Å². The summed E-state index contributed by atoms with van der Waals surface area (Å²) in [6, 6.07) is 5.09. The van der Waals surface area contributed by atoms with Crippen LogP contribution in [0.1, 0.15) is 0 Å². The van der Waals surface area contributed by atoms with Gasteiger partial charge in [-0.25, -0.2) is 8.42 Å². The van der Waals surface area contributed by atoms with Crippen molar-refractivity contribution < 1.29 is 71.2 Å². The Morgan fingerprint density at radius 2 is 1.58 bits per heavy atom. The second-order valence-corrected chi connectivity index (χ2v) is 3.40. The van der Waals surface area contributed by atoms with Gasteiger partial charge in [-0.2, -0.15) is 0 Å². The normalized spacial score (nSPS) is 10.4. The van der Waals surface area contributed by atoms with E-state index in [1.807, 2.05) is 0 Å². The van der Waals surface area contributed by atoms with Crippen LogP contribution in [0.25, 0.3) is 0 Å². The molecule has 1 aromatic rings. The molecule has 0 heterocycles. The number of nitrogens with two attached hydrogens (primary N) is 1. The number of anilines is 1. The first kappa shape index (κ1) is 12.7. The van der Waals surface area contributed by atoms with Gasteiger partial charge in [0, 0.05) is 5.69 Å². The van der Waals surface area contributed by atoms with Crippen molar-refractivity contribution in [3.8, 4) is 0 Å². The van der Waals surface area contributed by atoms with Crippen molar-refractivity contribution in [1.82, 2.24) is 0 Å².